The van der Waals surface area contributed by atoms with E-state index in [1.807, 2.05) is 0 Å². The molecule has 0 aliphatic rings. The number of carbonyl (C=O) groups is 1. The topological polar surface area (TPSA) is 111 Å². The van der Waals surface area contributed by atoms with Gasteiger partial charge in [0.25, 0.3) is 5.69 Å². The summed E-state index contributed by atoms with van der Waals surface area (Å²) < 4.78 is 1.28. The first-order valence-electron chi connectivity index (χ1n) is 5.32. The van der Waals surface area contributed by atoms with E-state index < -0.39 is 10.9 Å². The Morgan fingerprint density at radius 2 is 2.11 bits per heavy atom. The maximum atomic E-state index is 11.2. The van der Waals surface area contributed by atoms with Crippen molar-refractivity contribution in [3.8, 4) is 5.69 Å². The summed E-state index contributed by atoms with van der Waals surface area (Å²) in [6, 6.07) is 3.50. The average Bonchev–Trinajstić information content (AvgIpc) is 2.67. The van der Waals surface area contributed by atoms with Crippen LogP contribution in [-0.4, -0.2) is 30.8 Å². The second kappa shape index (κ2) is 4.48. The molecular weight excluding hydrogens is 252 g/mol. The number of carboxylic acids is 1. The van der Waals surface area contributed by atoms with E-state index in [1.165, 1.54) is 16.8 Å². The highest BCUT2D eigenvalue weighted by Gasteiger charge is 2.19. The molecule has 19 heavy (non-hydrogen) atoms. The molecule has 0 amide bonds. The molecule has 8 nitrogen and oxygen atoms in total. The maximum Gasteiger partial charge on any atom is 0.337 e. The van der Waals surface area contributed by atoms with E-state index in [0.29, 0.717) is 11.6 Å². The fourth-order valence-electron chi connectivity index (χ4n) is 1.74. The third kappa shape index (κ3) is 2.28. The van der Waals surface area contributed by atoms with Crippen molar-refractivity contribution in [1.29, 1.82) is 0 Å². The lowest BCUT2D eigenvalue weighted by Gasteiger charge is -2.06. The Bertz CT molecular complexity index is 677. The van der Waals surface area contributed by atoms with Gasteiger partial charge in [-0.2, -0.15) is 5.10 Å². The molecular formula is C11H10N4O4. The Morgan fingerprint density at radius 1 is 1.42 bits per heavy atom. The molecule has 0 spiro atoms. The van der Waals surface area contributed by atoms with Crippen LogP contribution in [0.15, 0.2) is 18.2 Å². The van der Waals surface area contributed by atoms with Gasteiger partial charge in [-0.3, -0.25) is 10.1 Å². The summed E-state index contributed by atoms with van der Waals surface area (Å²) in [5.41, 5.74) is -0.147. The first kappa shape index (κ1) is 12.7. The van der Waals surface area contributed by atoms with Crippen LogP contribution in [0.5, 0.6) is 0 Å². The monoisotopic (exact) mass is 262 g/mol. The summed E-state index contributed by atoms with van der Waals surface area (Å²) in [5, 5.41) is 23.9. The van der Waals surface area contributed by atoms with Gasteiger partial charge in [-0.25, -0.2) is 14.5 Å². The number of nitro groups is 1. The molecule has 0 saturated carbocycles. The molecule has 0 aliphatic carbocycles. The molecule has 8 heteroatoms. The number of benzene rings is 1. The van der Waals surface area contributed by atoms with Crippen molar-refractivity contribution in [1.82, 2.24) is 14.8 Å². The number of carboxylic acid groups (broad SMARTS) is 1. The Kier molecular flexibility index (Phi) is 2.99. The predicted molar refractivity (Wildman–Crippen MR) is 64.4 cm³/mol. The molecule has 1 aromatic carbocycles. The minimum absolute atomic E-state index is 0.0707. The van der Waals surface area contributed by atoms with Gasteiger partial charge < -0.3 is 5.11 Å². The first-order valence-corrected chi connectivity index (χ1v) is 5.32. The number of aryl methyl sites for hydroxylation is 2. The first-order chi connectivity index (χ1) is 8.90. The van der Waals surface area contributed by atoms with E-state index in [0.717, 1.165) is 6.07 Å². The fraction of sp³-hybridized carbons (Fsp3) is 0.182. The number of aromatic nitrogens is 3. The lowest BCUT2D eigenvalue weighted by atomic mass is 10.1. The van der Waals surface area contributed by atoms with Crippen LogP contribution in [-0.2, 0) is 0 Å². The Morgan fingerprint density at radius 3 is 2.58 bits per heavy atom. The van der Waals surface area contributed by atoms with Gasteiger partial charge in [-0.05, 0) is 19.9 Å². The van der Waals surface area contributed by atoms with Crippen molar-refractivity contribution in [3.63, 3.8) is 0 Å². The van der Waals surface area contributed by atoms with E-state index >= 15 is 0 Å². The van der Waals surface area contributed by atoms with Gasteiger partial charge in [0.2, 0.25) is 0 Å². The summed E-state index contributed by atoms with van der Waals surface area (Å²) in [6.45, 7) is 3.30. The highest BCUT2D eigenvalue weighted by atomic mass is 16.6. The largest absolute Gasteiger partial charge is 0.478 e. The molecule has 0 atom stereocenters. The van der Waals surface area contributed by atoms with Crippen molar-refractivity contribution in [3.05, 3.63) is 45.5 Å². The fourth-order valence-corrected chi connectivity index (χ4v) is 1.74. The molecule has 0 fully saturated rings. The summed E-state index contributed by atoms with van der Waals surface area (Å²) in [4.78, 5) is 25.4. The summed E-state index contributed by atoms with van der Waals surface area (Å²) in [5.74, 6) is -0.265. The van der Waals surface area contributed by atoms with E-state index in [4.69, 9.17) is 5.11 Å². The lowest BCUT2D eigenvalue weighted by molar-refractivity contribution is -0.384. The summed E-state index contributed by atoms with van der Waals surface area (Å²) in [6.07, 6.45) is 0. The molecule has 2 rings (SSSR count). The summed E-state index contributed by atoms with van der Waals surface area (Å²) >= 11 is 0. The Labute approximate surface area is 107 Å². The van der Waals surface area contributed by atoms with Gasteiger partial charge in [-0.15, -0.1) is 0 Å². The van der Waals surface area contributed by atoms with Crippen LogP contribution in [0.1, 0.15) is 22.0 Å². The van der Waals surface area contributed by atoms with Crippen LogP contribution in [0.4, 0.5) is 5.69 Å². The van der Waals surface area contributed by atoms with Crippen LogP contribution in [0, 0.1) is 24.0 Å². The Hall–Kier alpha value is -2.77. The number of non-ortho nitro benzene ring substituents is 1. The van der Waals surface area contributed by atoms with E-state index in [-0.39, 0.29) is 16.9 Å². The number of nitro benzene ring substituents is 1. The molecule has 1 N–H and O–H groups in total. The van der Waals surface area contributed by atoms with E-state index in [2.05, 4.69) is 10.1 Å². The molecule has 0 aliphatic heterocycles. The number of rotatable bonds is 3. The van der Waals surface area contributed by atoms with E-state index in [1.54, 1.807) is 13.8 Å². The van der Waals surface area contributed by atoms with Crippen molar-refractivity contribution >= 4 is 11.7 Å². The zero-order chi connectivity index (χ0) is 14.2. The van der Waals surface area contributed by atoms with Crippen LogP contribution in [0.25, 0.3) is 5.69 Å². The number of hydrogen-bond acceptors (Lipinski definition) is 5. The standard InChI is InChI=1S/C11H10N4O4/c1-6-12-7(2)14(13-6)10-5-8(15(18)19)3-4-9(10)11(16)17/h3-5H,1-2H3,(H,16,17). The molecule has 98 valence electrons. The predicted octanol–water partition coefficient (Wildman–Crippen LogP) is 1.49. The number of hydrogen-bond donors (Lipinski definition) is 1. The second-order valence-electron chi connectivity index (χ2n) is 3.88. The summed E-state index contributed by atoms with van der Waals surface area (Å²) in [7, 11) is 0. The van der Waals surface area contributed by atoms with Crippen molar-refractivity contribution in [2.75, 3.05) is 0 Å². The quantitative estimate of drug-likeness (QED) is 0.662. The Balaban J connectivity index is 2.71. The van der Waals surface area contributed by atoms with Gasteiger partial charge in [-0.1, -0.05) is 0 Å². The number of nitrogens with zero attached hydrogens (tertiary/aromatic N) is 4. The molecule has 1 heterocycles. The normalized spacial score (nSPS) is 10.4. The molecule has 2 aromatic rings. The highest BCUT2D eigenvalue weighted by molar-refractivity contribution is 5.92. The second-order valence-corrected chi connectivity index (χ2v) is 3.88. The highest BCUT2D eigenvalue weighted by Crippen LogP contribution is 2.22. The minimum atomic E-state index is -1.18. The van der Waals surface area contributed by atoms with Crippen LogP contribution in [0.2, 0.25) is 0 Å². The van der Waals surface area contributed by atoms with Gasteiger partial charge in [0.05, 0.1) is 16.2 Å². The van der Waals surface area contributed by atoms with Crippen LogP contribution >= 0.6 is 0 Å². The van der Waals surface area contributed by atoms with Gasteiger partial charge in [0, 0.05) is 12.1 Å². The van der Waals surface area contributed by atoms with Crippen molar-refractivity contribution < 1.29 is 14.8 Å². The SMILES string of the molecule is Cc1nc(C)n(-c2cc([N+](=O)[O-])ccc2C(=O)O)n1. The third-order valence-electron chi connectivity index (χ3n) is 2.53. The minimum Gasteiger partial charge on any atom is -0.478 e. The van der Waals surface area contributed by atoms with Crippen molar-refractivity contribution in [2.45, 2.75) is 13.8 Å². The van der Waals surface area contributed by atoms with E-state index in [9.17, 15) is 14.9 Å². The van der Waals surface area contributed by atoms with Crippen LogP contribution < -0.4 is 0 Å². The third-order valence-corrected chi connectivity index (χ3v) is 2.53. The smallest absolute Gasteiger partial charge is 0.337 e. The zero-order valence-corrected chi connectivity index (χ0v) is 10.2. The molecule has 0 saturated heterocycles. The zero-order valence-electron chi connectivity index (χ0n) is 10.2. The molecule has 0 unspecified atom stereocenters. The number of aromatic carboxylic acids is 1. The lowest BCUT2D eigenvalue weighted by Crippen LogP contribution is -2.08. The maximum absolute atomic E-state index is 11.2. The molecule has 1 aromatic heterocycles. The molecule has 0 radical (unpaired) electrons. The van der Waals surface area contributed by atoms with Gasteiger partial charge in [0.15, 0.2) is 0 Å². The van der Waals surface area contributed by atoms with Gasteiger partial charge in [0.1, 0.15) is 11.6 Å². The molecule has 0 bridgehead atoms. The van der Waals surface area contributed by atoms with Crippen molar-refractivity contribution in [2.24, 2.45) is 0 Å². The average molecular weight is 262 g/mol. The van der Waals surface area contributed by atoms with Crippen LogP contribution in [0.3, 0.4) is 0 Å². The van der Waals surface area contributed by atoms with Gasteiger partial charge >= 0.3 is 5.97 Å².